The summed E-state index contributed by atoms with van der Waals surface area (Å²) in [7, 11) is 0. The second-order valence-electron chi connectivity index (χ2n) is 6.07. The third-order valence-electron chi connectivity index (χ3n) is 4.49. The molecule has 2 rings (SSSR count). The first-order valence-corrected chi connectivity index (χ1v) is 8.19. The van der Waals surface area contributed by atoms with E-state index in [4.69, 9.17) is 0 Å². The lowest BCUT2D eigenvalue weighted by molar-refractivity contribution is 0.146. The first-order valence-electron chi connectivity index (χ1n) is 7.37. The Kier molecular flexibility index (Phi) is 4.50. The van der Waals surface area contributed by atoms with Crippen LogP contribution in [-0.2, 0) is 0 Å². The monoisotopic (exact) mass is 265 g/mol. The molecule has 0 amide bonds. The largest absolute Gasteiger partial charge is 0.310 e. The van der Waals surface area contributed by atoms with E-state index in [1.807, 2.05) is 11.3 Å². The molecular formula is C16H27NS. The number of nitrogens with one attached hydrogen (secondary N) is 1. The predicted molar refractivity (Wildman–Crippen MR) is 81.4 cm³/mol. The van der Waals surface area contributed by atoms with Crippen molar-refractivity contribution in [3.63, 3.8) is 0 Å². The molecule has 1 aromatic heterocycles. The SMILES string of the molecule is CCNC(c1cc(C)sc1C)C1(C)CCCCC1. The highest BCUT2D eigenvalue weighted by atomic mass is 32.1. The van der Waals surface area contributed by atoms with Gasteiger partial charge in [0.2, 0.25) is 0 Å². The number of rotatable bonds is 4. The molecule has 0 aliphatic heterocycles. The van der Waals surface area contributed by atoms with Gasteiger partial charge in [0.05, 0.1) is 0 Å². The molecular weight excluding hydrogens is 238 g/mol. The smallest absolute Gasteiger partial charge is 0.0385 e. The van der Waals surface area contributed by atoms with Crippen molar-refractivity contribution in [2.24, 2.45) is 5.41 Å². The maximum absolute atomic E-state index is 3.77. The van der Waals surface area contributed by atoms with Crippen LogP contribution in [0, 0.1) is 19.3 Å². The molecule has 1 unspecified atom stereocenters. The maximum Gasteiger partial charge on any atom is 0.0385 e. The van der Waals surface area contributed by atoms with Crippen LogP contribution in [0.3, 0.4) is 0 Å². The number of aryl methyl sites for hydroxylation is 2. The van der Waals surface area contributed by atoms with Crippen molar-refractivity contribution in [2.75, 3.05) is 6.54 Å². The lowest BCUT2D eigenvalue weighted by atomic mass is 9.68. The molecule has 0 saturated heterocycles. The van der Waals surface area contributed by atoms with Gasteiger partial charge >= 0.3 is 0 Å². The van der Waals surface area contributed by atoms with Crippen molar-refractivity contribution in [1.82, 2.24) is 5.32 Å². The van der Waals surface area contributed by atoms with Gasteiger partial charge in [-0.15, -0.1) is 11.3 Å². The second kappa shape index (κ2) is 5.75. The fraction of sp³-hybridized carbons (Fsp3) is 0.750. The van der Waals surface area contributed by atoms with Crippen LogP contribution in [0.1, 0.15) is 67.3 Å². The van der Waals surface area contributed by atoms with Gasteiger partial charge in [-0.2, -0.15) is 0 Å². The van der Waals surface area contributed by atoms with E-state index in [0.717, 1.165) is 6.54 Å². The van der Waals surface area contributed by atoms with Gasteiger partial charge in [0.15, 0.2) is 0 Å². The van der Waals surface area contributed by atoms with E-state index in [2.05, 4.69) is 39.1 Å². The summed E-state index contributed by atoms with van der Waals surface area (Å²) in [6.07, 6.45) is 6.98. The van der Waals surface area contributed by atoms with Crippen LogP contribution in [0.15, 0.2) is 6.07 Å². The summed E-state index contributed by atoms with van der Waals surface area (Å²) >= 11 is 1.95. The minimum Gasteiger partial charge on any atom is -0.310 e. The highest BCUT2D eigenvalue weighted by Gasteiger charge is 2.36. The minimum absolute atomic E-state index is 0.451. The van der Waals surface area contributed by atoms with Gasteiger partial charge in [-0.1, -0.05) is 33.1 Å². The molecule has 0 radical (unpaired) electrons. The average Bonchev–Trinajstić information content (AvgIpc) is 2.66. The normalized spacial score (nSPS) is 20.9. The summed E-state index contributed by atoms with van der Waals surface area (Å²) in [6, 6.07) is 2.96. The highest BCUT2D eigenvalue weighted by molar-refractivity contribution is 7.12. The van der Waals surface area contributed by atoms with E-state index in [0.29, 0.717) is 11.5 Å². The zero-order chi connectivity index (χ0) is 13.2. The van der Waals surface area contributed by atoms with Gasteiger partial charge in [0.25, 0.3) is 0 Å². The number of thiophene rings is 1. The molecule has 1 aliphatic rings. The van der Waals surface area contributed by atoms with Gasteiger partial charge in [-0.3, -0.25) is 0 Å². The van der Waals surface area contributed by atoms with Crippen molar-refractivity contribution in [1.29, 1.82) is 0 Å². The Morgan fingerprint density at radius 1 is 1.28 bits per heavy atom. The Bertz CT molecular complexity index is 388. The van der Waals surface area contributed by atoms with Crippen LogP contribution >= 0.6 is 11.3 Å². The van der Waals surface area contributed by atoms with E-state index in [-0.39, 0.29) is 0 Å². The third kappa shape index (κ3) is 2.80. The molecule has 1 N–H and O–H groups in total. The van der Waals surface area contributed by atoms with E-state index in [1.165, 1.54) is 41.9 Å². The van der Waals surface area contributed by atoms with Gasteiger partial charge in [-0.25, -0.2) is 0 Å². The molecule has 0 spiro atoms. The molecule has 1 aromatic rings. The molecule has 0 aromatic carbocycles. The summed E-state index contributed by atoms with van der Waals surface area (Å²) in [5.41, 5.74) is 2.01. The Balaban J connectivity index is 2.29. The zero-order valence-electron chi connectivity index (χ0n) is 12.3. The average molecular weight is 265 g/mol. The minimum atomic E-state index is 0.451. The number of hydrogen-bond acceptors (Lipinski definition) is 2. The quantitative estimate of drug-likeness (QED) is 0.809. The summed E-state index contributed by atoms with van der Waals surface area (Å²) in [6.45, 7) is 10.3. The standard InChI is InChI=1S/C16H27NS/c1-5-17-15(14-11-12(2)18-13(14)3)16(4)9-7-6-8-10-16/h11,15,17H,5-10H2,1-4H3. The fourth-order valence-electron chi connectivity index (χ4n) is 3.52. The van der Waals surface area contributed by atoms with Gasteiger partial charge in [0, 0.05) is 15.8 Å². The molecule has 1 nitrogen and oxygen atoms in total. The zero-order valence-corrected chi connectivity index (χ0v) is 13.1. The van der Waals surface area contributed by atoms with Gasteiger partial charge in [0.1, 0.15) is 0 Å². The maximum atomic E-state index is 3.77. The molecule has 1 atom stereocenters. The summed E-state index contributed by atoms with van der Waals surface area (Å²) in [4.78, 5) is 2.95. The Morgan fingerprint density at radius 3 is 2.44 bits per heavy atom. The molecule has 1 saturated carbocycles. The third-order valence-corrected chi connectivity index (χ3v) is 5.47. The van der Waals surface area contributed by atoms with E-state index in [1.54, 1.807) is 5.56 Å². The second-order valence-corrected chi connectivity index (χ2v) is 7.53. The van der Waals surface area contributed by atoms with Crippen molar-refractivity contribution >= 4 is 11.3 Å². The summed E-state index contributed by atoms with van der Waals surface area (Å²) in [5.74, 6) is 0. The lowest BCUT2D eigenvalue weighted by Gasteiger charge is -2.41. The van der Waals surface area contributed by atoms with Crippen LogP contribution in [0.4, 0.5) is 0 Å². The first-order chi connectivity index (χ1) is 8.57. The van der Waals surface area contributed by atoms with Crippen molar-refractivity contribution in [2.45, 2.75) is 65.8 Å². The molecule has 1 fully saturated rings. The van der Waals surface area contributed by atoms with E-state index < -0.39 is 0 Å². The van der Waals surface area contributed by atoms with Crippen molar-refractivity contribution < 1.29 is 0 Å². The lowest BCUT2D eigenvalue weighted by Crippen LogP contribution is -2.37. The van der Waals surface area contributed by atoms with Gasteiger partial charge in [-0.05, 0) is 50.3 Å². The van der Waals surface area contributed by atoms with Crippen LogP contribution in [0.2, 0.25) is 0 Å². The predicted octanol–water partition coefficient (Wildman–Crippen LogP) is 4.99. The Hall–Kier alpha value is -0.340. The molecule has 102 valence electrons. The summed E-state index contributed by atoms with van der Waals surface area (Å²) < 4.78 is 0. The molecule has 18 heavy (non-hydrogen) atoms. The topological polar surface area (TPSA) is 12.0 Å². The van der Waals surface area contributed by atoms with Crippen LogP contribution in [0.5, 0.6) is 0 Å². The highest BCUT2D eigenvalue weighted by Crippen LogP contribution is 2.47. The molecule has 1 heterocycles. The van der Waals surface area contributed by atoms with Crippen LogP contribution in [-0.4, -0.2) is 6.54 Å². The molecule has 1 aliphatic carbocycles. The van der Waals surface area contributed by atoms with Crippen molar-refractivity contribution in [3.8, 4) is 0 Å². The van der Waals surface area contributed by atoms with Crippen molar-refractivity contribution in [3.05, 3.63) is 21.4 Å². The van der Waals surface area contributed by atoms with Gasteiger partial charge < -0.3 is 5.32 Å². The molecule has 2 heteroatoms. The van der Waals surface area contributed by atoms with Crippen LogP contribution < -0.4 is 5.32 Å². The Labute approximate surface area is 116 Å². The Morgan fingerprint density at radius 2 is 1.94 bits per heavy atom. The van der Waals surface area contributed by atoms with Crippen LogP contribution in [0.25, 0.3) is 0 Å². The van der Waals surface area contributed by atoms with E-state index in [9.17, 15) is 0 Å². The number of hydrogen-bond donors (Lipinski definition) is 1. The summed E-state index contributed by atoms with van der Waals surface area (Å²) in [5, 5.41) is 3.77. The first kappa shape index (κ1) is 14.1. The fourth-order valence-corrected chi connectivity index (χ4v) is 4.48. The van der Waals surface area contributed by atoms with E-state index >= 15 is 0 Å². The molecule has 0 bridgehead atoms.